The molecule has 3 aromatic carbocycles. The molecule has 7 nitrogen and oxygen atoms in total. The molecule has 0 spiro atoms. The highest BCUT2D eigenvalue weighted by molar-refractivity contribution is 6.06. The fraction of sp³-hybridized carbons (Fsp3) is 0. The van der Waals surface area contributed by atoms with Crippen LogP contribution in [0.15, 0.2) is 66.7 Å². The first-order valence-electron chi connectivity index (χ1n) is 8.69. The summed E-state index contributed by atoms with van der Waals surface area (Å²) in [5, 5.41) is 21.0. The molecule has 0 fully saturated rings. The molecule has 0 unspecified atom stereocenters. The van der Waals surface area contributed by atoms with Gasteiger partial charge in [-0.05, 0) is 47.5 Å². The number of carbonyl (C=O) groups is 2. The van der Waals surface area contributed by atoms with Crippen molar-refractivity contribution in [3.63, 3.8) is 0 Å². The van der Waals surface area contributed by atoms with Crippen molar-refractivity contribution in [1.29, 1.82) is 5.26 Å². The lowest BCUT2D eigenvalue weighted by Crippen LogP contribution is -2.13. The van der Waals surface area contributed by atoms with Crippen molar-refractivity contribution < 1.29 is 14.7 Å². The molecule has 4 rings (SSSR count). The van der Waals surface area contributed by atoms with Crippen LogP contribution in [-0.2, 0) is 0 Å². The van der Waals surface area contributed by atoms with Crippen molar-refractivity contribution >= 4 is 28.9 Å². The molecule has 1 amide bonds. The van der Waals surface area contributed by atoms with Gasteiger partial charge >= 0.3 is 5.97 Å². The number of rotatable bonds is 4. The lowest BCUT2D eigenvalue weighted by Gasteiger charge is -2.06. The molecule has 0 aliphatic rings. The Kier molecular flexibility index (Phi) is 4.51. The van der Waals surface area contributed by atoms with E-state index in [0.29, 0.717) is 16.6 Å². The predicted octanol–water partition coefficient (Wildman–Crippen LogP) is 4.05. The van der Waals surface area contributed by atoms with Gasteiger partial charge in [-0.15, -0.1) is 0 Å². The third-order valence-corrected chi connectivity index (χ3v) is 4.42. The smallest absolute Gasteiger partial charge is 0.337 e. The molecular formula is C22H14N4O3. The van der Waals surface area contributed by atoms with Gasteiger partial charge in [0.25, 0.3) is 5.91 Å². The Morgan fingerprint density at radius 3 is 2.48 bits per heavy atom. The number of aromatic amines is 1. The van der Waals surface area contributed by atoms with E-state index in [1.807, 2.05) is 12.1 Å². The van der Waals surface area contributed by atoms with Crippen LogP contribution < -0.4 is 5.32 Å². The number of carbonyl (C=O) groups excluding carboxylic acids is 1. The second kappa shape index (κ2) is 7.29. The van der Waals surface area contributed by atoms with E-state index >= 15 is 0 Å². The quantitative estimate of drug-likeness (QED) is 0.492. The number of carboxylic acids is 1. The fourth-order valence-corrected chi connectivity index (χ4v) is 3.05. The molecule has 0 radical (unpaired) electrons. The number of anilines is 1. The molecule has 0 aliphatic heterocycles. The van der Waals surface area contributed by atoms with E-state index in [0.717, 1.165) is 11.1 Å². The second-order valence-electron chi connectivity index (χ2n) is 6.32. The summed E-state index contributed by atoms with van der Waals surface area (Å²) < 4.78 is 0. The number of nitrogens with zero attached hydrogens (tertiary/aromatic N) is 2. The van der Waals surface area contributed by atoms with Crippen LogP contribution in [0.3, 0.4) is 0 Å². The van der Waals surface area contributed by atoms with Gasteiger partial charge in [-0.2, -0.15) is 5.26 Å². The number of aromatic nitrogens is 2. The zero-order chi connectivity index (χ0) is 20.4. The summed E-state index contributed by atoms with van der Waals surface area (Å²) in [5.74, 6) is -1.32. The minimum absolute atomic E-state index is 0.0543. The van der Waals surface area contributed by atoms with E-state index in [1.165, 1.54) is 6.07 Å². The summed E-state index contributed by atoms with van der Waals surface area (Å²) in [5.41, 5.74) is 3.41. The topological polar surface area (TPSA) is 119 Å². The summed E-state index contributed by atoms with van der Waals surface area (Å²) >= 11 is 0. The number of fused-ring (bicyclic) bond motifs is 1. The average Bonchev–Trinajstić information content (AvgIpc) is 3.16. The molecule has 0 saturated heterocycles. The molecule has 0 aliphatic carbocycles. The average molecular weight is 382 g/mol. The minimum Gasteiger partial charge on any atom is -0.478 e. The van der Waals surface area contributed by atoms with E-state index in [4.69, 9.17) is 5.26 Å². The van der Waals surface area contributed by atoms with E-state index in [-0.39, 0.29) is 22.9 Å². The molecule has 0 saturated carbocycles. The van der Waals surface area contributed by atoms with E-state index in [9.17, 15) is 14.7 Å². The zero-order valence-corrected chi connectivity index (χ0v) is 15.0. The number of nitrogens with one attached hydrogen (secondary N) is 2. The highest BCUT2D eigenvalue weighted by atomic mass is 16.4. The highest BCUT2D eigenvalue weighted by Gasteiger charge is 2.15. The molecule has 1 heterocycles. The molecular weight excluding hydrogens is 368 g/mol. The van der Waals surface area contributed by atoms with Gasteiger partial charge < -0.3 is 10.1 Å². The first-order valence-corrected chi connectivity index (χ1v) is 8.69. The van der Waals surface area contributed by atoms with Gasteiger partial charge in [0, 0.05) is 5.56 Å². The zero-order valence-electron chi connectivity index (χ0n) is 15.0. The maximum absolute atomic E-state index is 12.7. The van der Waals surface area contributed by atoms with Crippen molar-refractivity contribution in [1.82, 2.24) is 9.97 Å². The highest BCUT2D eigenvalue weighted by Crippen LogP contribution is 2.23. The Balaban J connectivity index is 1.62. The lowest BCUT2D eigenvalue weighted by atomic mass is 10.0. The van der Waals surface area contributed by atoms with Gasteiger partial charge in [-0.3, -0.25) is 10.1 Å². The Hall–Kier alpha value is -4.44. The third kappa shape index (κ3) is 3.55. The molecule has 29 heavy (non-hydrogen) atoms. The molecule has 1 aromatic heterocycles. The van der Waals surface area contributed by atoms with Crippen LogP contribution in [0.5, 0.6) is 0 Å². The predicted molar refractivity (Wildman–Crippen MR) is 108 cm³/mol. The van der Waals surface area contributed by atoms with Crippen LogP contribution in [0.25, 0.3) is 22.2 Å². The molecule has 140 valence electrons. The van der Waals surface area contributed by atoms with Crippen LogP contribution in [0, 0.1) is 11.3 Å². The number of imidazole rings is 1. The number of amides is 1. The van der Waals surface area contributed by atoms with E-state index in [2.05, 4.69) is 21.4 Å². The number of benzene rings is 3. The molecule has 0 atom stereocenters. The van der Waals surface area contributed by atoms with Crippen LogP contribution >= 0.6 is 0 Å². The number of aromatic carboxylic acids is 1. The normalized spacial score (nSPS) is 10.4. The van der Waals surface area contributed by atoms with Gasteiger partial charge in [0.2, 0.25) is 5.95 Å². The maximum Gasteiger partial charge on any atom is 0.337 e. The van der Waals surface area contributed by atoms with Gasteiger partial charge in [0.15, 0.2) is 0 Å². The summed E-state index contributed by atoms with van der Waals surface area (Å²) in [4.78, 5) is 31.1. The van der Waals surface area contributed by atoms with Crippen molar-refractivity contribution in [3.05, 3.63) is 83.4 Å². The number of hydrogen-bond donors (Lipinski definition) is 3. The van der Waals surface area contributed by atoms with Gasteiger partial charge in [-0.25, -0.2) is 9.78 Å². The Labute approximate surface area is 165 Å². The van der Waals surface area contributed by atoms with Crippen LogP contribution in [0.1, 0.15) is 26.3 Å². The summed E-state index contributed by atoms with van der Waals surface area (Å²) in [6, 6.07) is 21.0. The van der Waals surface area contributed by atoms with Crippen LogP contribution in [0.2, 0.25) is 0 Å². The number of hydrogen-bond acceptors (Lipinski definition) is 4. The largest absolute Gasteiger partial charge is 0.478 e. The first-order chi connectivity index (χ1) is 14.0. The lowest BCUT2D eigenvalue weighted by molar-refractivity contribution is 0.0698. The summed E-state index contributed by atoms with van der Waals surface area (Å²) in [7, 11) is 0. The molecule has 4 aromatic rings. The van der Waals surface area contributed by atoms with Gasteiger partial charge in [0.1, 0.15) is 5.52 Å². The fourth-order valence-electron chi connectivity index (χ4n) is 3.05. The number of carboxylic acid groups (broad SMARTS) is 1. The van der Waals surface area contributed by atoms with Crippen molar-refractivity contribution in [2.24, 2.45) is 0 Å². The Morgan fingerprint density at radius 1 is 1.00 bits per heavy atom. The van der Waals surface area contributed by atoms with Crippen LogP contribution in [0.4, 0.5) is 5.95 Å². The maximum atomic E-state index is 12.7. The van der Waals surface area contributed by atoms with E-state index in [1.54, 1.807) is 48.5 Å². The SMILES string of the molecule is N#Cc1cccc(-c2cccc(C(=O)Nc3nc4c(C(=O)O)cccc4[nH]3)c2)c1. The number of nitriles is 1. The molecule has 0 bridgehead atoms. The van der Waals surface area contributed by atoms with Gasteiger partial charge in [-0.1, -0.05) is 30.3 Å². The molecule has 3 N–H and O–H groups in total. The van der Waals surface area contributed by atoms with Crippen LogP contribution in [-0.4, -0.2) is 27.0 Å². The second-order valence-corrected chi connectivity index (χ2v) is 6.32. The number of para-hydroxylation sites is 1. The first kappa shape index (κ1) is 17.9. The molecule has 7 heteroatoms. The third-order valence-electron chi connectivity index (χ3n) is 4.42. The Morgan fingerprint density at radius 2 is 1.72 bits per heavy atom. The van der Waals surface area contributed by atoms with Crippen molar-refractivity contribution in [2.45, 2.75) is 0 Å². The van der Waals surface area contributed by atoms with Gasteiger partial charge in [0.05, 0.1) is 22.7 Å². The monoisotopic (exact) mass is 382 g/mol. The minimum atomic E-state index is -1.09. The van der Waals surface area contributed by atoms with Crippen molar-refractivity contribution in [2.75, 3.05) is 5.32 Å². The summed E-state index contributed by atoms with van der Waals surface area (Å²) in [6.45, 7) is 0. The standard InChI is InChI=1S/C22H14N4O3/c23-12-13-4-1-5-14(10-13)15-6-2-7-16(11-15)20(27)26-22-24-18-9-3-8-17(21(28)29)19(18)25-22/h1-11H,(H,28,29)(H2,24,25,26,27). The Bertz CT molecular complexity index is 1300. The van der Waals surface area contributed by atoms with Crippen molar-refractivity contribution in [3.8, 4) is 17.2 Å². The number of H-pyrrole nitrogens is 1. The van der Waals surface area contributed by atoms with E-state index < -0.39 is 5.97 Å². The summed E-state index contributed by atoms with van der Waals surface area (Å²) in [6.07, 6.45) is 0.